The van der Waals surface area contributed by atoms with Crippen LogP contribution in [-0.4, -0.2) is 97.4 Å². The third kappa shape index (κ3) is 6.48. The molecule has 0 saturated carbocycles. The summed E-state index contributed by atoms with van der Waals surface area (Å²) in [5, 5.41) is 33.6. The summed E-state index contributed by atoms with van der Waals surface area (Å²) < 4.78 is 22.5. The van der Waals surface area contributed by atoms with Crippen molar-refractivity contribution >= 4 is 11.8 Å². The van der Waals surface area contributed by atoms with Crippen LogP contribution in [0.3, 0.4) is 0 Å². The molecule has 41 heavy (non-hydrogen) atoms. The van der Waals surface area contributed by atoms with E-state index >= 15 is 0 Å². The van der Waals surface area contributed by atoms with Crippen LogP contribution in [0.2, 0.25) is 0 Å². The van der Waals surface area contributed by atoms with Crippen molar-refractivity contribution < 1.29 is 43.9 Å². The number of fused-ring (bicyclic) bond motifs is 3. The molecule has 11 heteroatoms. The summed E-state index contributed by atoms with van der Waals surface area (Å²) in [6.45, 7) is 1.67. The van der Waals surface area contributed by atoms with Gasteiger partial charge in [-0.05, 0) is 54.8 Å². The third-order valence-corrected chi connectivity index (χ3v) is 7.38. The van der Waals surface area contributed by atoms with Crippen molar-refractivity contribution in [3.63, 3.8) is 0 Å². The molecule has 1 aliphatic carbocycles. The zero-order chi connectivity index (χ0) is 29.5. The predicted octanol–water partition coefficient (Wildman–Crippen LogP) is 0.927. The van der Waals surface area contributed by atoms with Gasteiger partial charge in [0.15, 0.2) is 11.5 Å². The van der Waals surface area contributed by atoms with E-state index in [2.05, 4.69) is 5.32 Å². The van der Waals surface area contributed by atoms with E-state index in [1.807, 2.05) is 24.3 Å². The van der Waals surface area contributed by atoms with Gasteiger partial charge in [-0.15, -0.1) is 0 Å². The largest absolute Gasteiger partial charge is 0.497 e. The Hall–Kier alpha value is -3.64. The van der Waals surface area contributed by atoms with Crippen LogP contribution < -0.4 is 19.5 Å². The summed E-state index contributed by atoms with van der Waals surface area (Å²) in [7, 11) is 3.05. The summed E-state index contributed by atoms with van der Waals surface area (Å²) >= 11 is 0. The number of hydrogen-bond donors (Lipinski definition) is 4. The molecule has 2 aromatic carbocycles. The van der Waals surface area contributed by atoms with Crippen molar-refractivity contribution in [2.24, 2.45) is 0 Å². The molecule has 4 N–H and O–H groups in total. The van der Waals surface area contributed by atoms with Crippen LogP contribution in [-0.2, 0) is 27.4 Å². The molecule has 0 spiro atoms. The van der Waals surface area contributed by atoms with Crippen molar-refractivity contribution in [1.82, 2.24) is 10.2 Å². The second-order valence-electron chi connectivity index (χ2n) is 9.84. The number of ether oxygens (including phenoxy) is 4. The average Bonchev–Trinajstić information content (AvgIpc) is 3.39. The van der Waals surface area contributed by atoms with Gasteiger partial charge in [0.2, 0.25) is 11.8 Å². The van der Waals surface area contributed by atoms with E-state index in [1.54, 1.807) is 32.2 Å². The zero-order valence-electron chi connectivity index (χ0n) is 23.5. The highest BCUT2D eigenvalue weighted by Gasteiger charge is 2.51. The summed E-state index contributed by atoms with van der Waals surface area (Å²) in [5.41, 5.74) is 2.36. The van der Waals surface area contributed by atoms with Gasteiger partial charge in [-0.25, -0.2) is 0 Å². The lowest BCUT2D eigenvalue weighted by Gasteiger charge is -2.40. The minimum absolute atomic E-state index is 0.0251. The number of nitrogens with zero attached hydrogens (tertiary/aromatic N) is 1. The first kappa shape index (κ1) is 30.3. The van der Waals surface area contributed by atoms with Gasteiger partial charge < -0.3 is 44.5 Å². The Morgan fingerprint density at radius 1 is 1.10 bits per heavy atom. The highest BCUT2D eigenvalue weighted by molar-refractivity contribution is 5.96. The second kappa shape index (κ2) is 13.8. The van der Waals surface area contributed by atoms with E-state index in [4.69, 9.17) is 18.9 Å². The predicted molar refractivity (Wildman–Crippen MR) is 149 cm³/mol. The Morgan fingerprint density at radius 3 is 2.59 bits per heavy atom. The van der Waals surface area contributed by atoms with Crippen LogP contribution in [0.5, 0.6) is 17.2 Å². The molecule has 4 unspecified atom stereocenters. The monoisotopic (exact) mass is 570 g/mol. The number of benzene rings is 2. The summed E-state index contributed by atoms with van der Waals surface area (Å²) in [6, 6.07) is 9.95. The smallest absolute Gasteiger partial charge is 0.249 e. The number of aliphatic hydroxyl groups is 3. The van der Waals surface area contributed by atoms with Crippen LogP contribution in [0.15, 0.2) is 48.0 Å². The number of carbonyl (C=O) groups is 2. The number of carbonyl (C=O) groups excluding carboxylic acids is 2. The molecular formula is C30H38N2O9. The Bertz CT molecular complexity index is 1260. The Balaban J connectivity index is 1.75. The standard InChI is InChI=1S/C30H38N2O9/c1-4-40-17-25(35)32(10-8-18-6-5-7-20(12-18)38-2)23-15-22(30(37)31-9-11-33)26-21-13-19(16-34)14-24(39-3)28(21)41-29(26)27(23)36/h5-7,12-15,23,26-27,29,33-34,36H,4,8-11,16-17H2,1-3H3,(H,31,37). The van der Waals surface area contributed by atoms with Crippen LogP contribution in [0.25, 0.3) is 0 Å². The maximum absolute atomic E-state index is 13.4. The number of methoxy groups -OCH3 is 2. The second-order valence-corrected chi connectivity index (χ2v) is 9.84. The molecule has 0 aromatic heterocycles. The molecule has 4 atom stereocenters. The van der Waals surface area contributed by atoms with Gasteiger partial charge in [-0.3, -0.25) is 9.59 Å². The number of nitrogens with one attached hydrogen (secondary N) is 1. The van der Waals surface area contributed by atoms with E-state index in [0.717, 1.165) is 5.56 Å². The SMILES string of the molecule is CCOCC(=O)N(CCc1cccc(OC)c1)C1C=C(C(=O)NCCO)C2c3cc(CO)cc(OC)c3OC2C1O. The fourth-order valence-corrected chi connectivity index (χ4v) is 5.41. The lowest BCUT2D eigenvalue weighted by atomic mass is 9.77. The van der Waals surface area contributed by atoms with Crippen molar-refractivity contribution in [2.45, 2.75) is 44.1 Å². The molecular weight excluding hydrogens is 532 g/mol. The maximum Gasteiger partial charge on any atom is 0.249 e. The van der Waals surface area contributed by atoms with E-state index < -0.39 is 30.1 Å². The topological polar surface area (TPSA) is 147 Å². The van der Waals surface area contributed by atoms with E-state index in [9.17, 15) is 24.9 Å². The van der Waals surface area contributed by atoms with Crippen molar-refractivity contribution in [1.29, 1.82) is 0 Å². The lowest BCUT2D eigenvalue weighted by molar-refractivity contribution is -0.141. The summed E-state index contributed by atoms with van der Waals surface area (Å²) in [6.07, 6.45) is -0.0668. The number of aliphatic hydroxyl groups excluding tert-OH is 3. The van der Waals surface area contributed by atoms with Gasteiger partial charge >= 0.3 is 0 Å². The van der Waals surface area contributed by atoms with Crippen molar-refractivity contribution in [2.75, 3.05) is 47.1 Å². The van der Waals surface area contributed by atoms with Crippen LogP contribution in [0.1, 0.15) is 29.5 Å². The highest BCUT2D eigenvalue weighted by atomic mass is 16.5. The minimum Gasteiger partial charge on any atom is -0.497 e. The Kier molecular flexibility index (Phi) is 10.2. The molecule has 222 valence electrons. The van der Waals surface area contributed by atoms with Gasteiger partial charge in [0.05, 0.1) is 39.4 Å². The first-order chi connectivity index (χ1) is 19.9. The van der Waals surface area contributed by atoms with Gasteiger partial charge in [0.1, 0.15) is 24.6 Å². The molecule has 1 aliphatic heterocycles. The summed E-state index contributed by atoms with van der Waals surface area (Å²) in [4.78, 5) is 28.4. The minimum atomic E-state index is -1.21. The van der Waals surface area contributed by atoms with Crippen molar-refractivity contribution in [3.05, 3.63) is 64.7 Å². The van der Waals surface area contributed by atoms with Gasteiger partial charge in [0.25, 0.3) is 0 Å². The molecule has 0 radical (unpaired) electrons. The summed E-state index contributed by atoms with van der Waals surface area (Å²) in [5.74, 6) is -0.0881. The van der Waals surface area contributed by atoms with Crippen molar-refractivity contribution in [3.8, 4) is 17.2 Å². The molecule has 0 fully saturated rings. The number of amides is 2. The fraction of sp³-hybridized carbons (Fsp3) is 0.467. The first-order valence-corrected chi connectivity index (χ1v) is 13.6. The van der Waals surface area contributed by atoms with Crippen LogP contribution in [0, 0.1) is 0 Å². The quantitative estimate of drug-likeness (QED) is 0.276. The number of hydrogen-bond acceptors (Lipinski definition) is 9. The van der Waals surface area contributed by atoms with Crippen LogP contribution >= 0.6 is 0 Å². The zero-order valence-corrected chi connectivity index (χ0v) is 23.5. The Labute approximate surface area is 239 Å². The fourth-order valence-electron chi connectivity index (χ4n) is 5.41. The van der Waals surface area contributed by atoms with E-state index in [-0.39, 0.29) is 44.4 Å². The van der Waals surface area contributed by atoms with Gasteiger partial charge in [0, 0.05) is 30.8 Å². The van der Waals surface area contributed by atoms with Gasteiger partial charge in [-0.1, -0.05) is 12.1 Å². The normalized spacial score (nSPS) is 20.8. The molecule has 0 bridgehead atoms. The van der Waals surface area contributed by atoms with E-state index in [1.165, 1.54) is 12.0 Å². The molecule has 2 amide bonds. The molecule has 2 aromatic rings. The molecule has 4 rings (SSSR count). The first-order valence-electron chi connectivity index (χ1n) is 13.6. The number of rotatable bonds is 13. The highest BCUT2D eigenvalue weighted by Crippen LogP contribution is 2.51. The Morgan fingerprint density at radius 2 is 1.90 bits per heavy atom. The van der Waals surface area contributed by atoms with Gasteiger partial charge in [-0.2, -0.15) is 0 Å². The maximum atomic E-state index is 13.4. The molecule has 0 saturated heterocycles. The third-order valence-electron chi connectivity index (χ3n) is 7.38. The van der Waals surface area contributed by atoms with Crippen LogP contribution in [0.4, 0.5) is 0 Å². The lowest BCUT2D eigenvalue weighted by Crippen LogP contribution is -2.56. The molecule has 1 heterocycles. The van der Waals surface area contributed by atoms with E-state index in [0.29, 0.717) is 41.4 Å². The molecule has 11 nitrogen and oxygen atoms in total. The average molecular weight is 571 g/mol. The molecule has 2 aliphatic rings.